The number of carbonyl (C=O) groups is 1. The van der Waals surface area contributed by atoms with Crippen molar-refractivity contribution in [2.45, 2.75) is 12.8 Å². The predicted octanol–water partition coefficient (Wildman–Crippen LogP) is 5.78. The van der Waals surface area contributed by atoms with Crippen molar-refractivity contribution >= 4 is 44.9 Å². The number of anilines is 1. The number of halogens is 1. The number of nitrogens with zero attached hydrogens (tertiary/aromatic N) is 4. The number of imidazole rings is 1. The van der Waals surface area contributed by atoms with Crippen molar-refractivity contribution in [3.8, 4) is 33.2 Å². The van der Waals surface area contributed by atoms with Crippen molar-refractivity contribution in [2.24, 2.45) is 5.92 Å². The summed E-state index contributed by atoms with van der Waals surface area (Å²) in [6.07, 6.45) is 6.81. The van der Waals surface area contributed by atoms with E-state index in [2.05, 4.69) is 30.5 Å². The second kappa shape index (κ2) is 8.06. The summed E-state index contributed by atoms with van der Waals surface area (Å²) in [5.74, 6) is 0.150. The van der Waals surface area contributed by atoms with Crippen LogP contribution in [-0.2, 0) is 4.79 Å². The number of aromatic amines is 2. The molecule has 5 aromatic heterocycles. The Balaban J connectivity index is 1.32. The van der Waals surface area contributed by atoms with E-state index in [1.807, 2.05) is 29.6 Å². The SMILES string of the molecule is O=C(Nc1cncc(-c2cc(F)c3n[nH]c(-c4nc5c(-c6cccs6)nccc5[nH]4)c3c2)c1)C1CC1. The van der Waals surface area contributed by atoms with Gasteiger partial charge in [-0.15, -0.1) is 11.3 Å². The van der Waals surface area contributed by atoms with Gasteiger partial charge in [0.2, 0.25) is 5.91 Å². The fourth-order valence-electron chi connectivity index (χ4n) is 4.33. The Morgan fingerprint density at radius 1 is 1.11 bits per heavy atom. The third kappa shape index (κ3) is 3.54. The van der Waals surface area contributed by atoms with Gasteiger partial charge in [-0.2, -0.15) is 5.10 Å². The molecule has 3 N–H and O–H groups in total. The molecule has 1 amide bonds. The van der Waals surface area contributed by atoms with E-state index in [4.69, 9.17) is 4.98 Å². The highest BCUT2D eigenvalue weighted by atomic mass is 32.1. The van der Waals surface area contributed by atoms with Crippen molar-refractivity contribution in [2.75, 3.05) is 5.32 Å². The molecule has 0 unspecified atom stereocenters. The molecule has 1 aliphatic carbocycles. The van der Waals surface area contributed by atoms with E-state index >= 15 is 4.39 Å². The predicted molar refractivity (Wildman–Crippen MR) is 137 cm³/mol. The van der Waals surface area contributed by atoms with E-state index in [1.165, 1.54) is 6.07 Å². The van der Waals surface area contributed by atoms with E-state index in [1.54, 1.807) is 36.0 Å². The van der Waals surface area contributed by atoms with Crippen LogP contribution in [-0.4, -0.2) is 36.0 Å². The van der Waals surface area contributed by atoms with Gasteiger partial charge in [-0.3, -0.25) is 19.9 Å². The summed E-state index contributed by atoms with van der Waals surface area (Å²) >= 11 is 1.59. The van der Waals surface area contributed by atoms with Crippen molar-refractivity contribution in [1.82, 2.24) is 30.1 Å². The summed E-state index contributed by atoms with van der Waals surface area (Å²) in [7, 11) is 0. The van der Waals surface area contributed by atoms with E-state index in [0.717, 1.165) is 34.4 Å². The first-order chi connectivity index (χ1) is 17.6. The van der Waals surface area contributed by atoms with Gasteiger partial charge in [0.25, 0.3) is 0 Å². The Morgan fingerprint density at radius 2 is 2.03 bits per heavy atom. The molecule has 0 aliphatic heterocycles. The number of carbonyl (C=O) groups excluding carboxylic acids is 1. The standard InChI is InChI=1S/C26H18FN7OS/c27-18-10-14(15-8-16(12-28-11-15)30-26(35)13-3-4-13)9-17-21(18)33-34-22(17)25-31-19-5-6-29-24(23(19)32-25)20-2-1-7-36-20/h1-2,5-13H,3-4H2,(H,30,35)(H,31,32)(H,33,34). The zero-order chi connectivity index (χ0) is 24.2. The average molecular weight is 496 g/mol. The lowest BCUT2D eigenvalue weighted by Crippen LogP contribution is -2.13. The number of nitrogens with one attached hydrogen (secondary N) is 3. The molecule has 0 spiro atoms. The molecule has 8 nitrogen and oxygen atoms in total. The minimum Gasteiger partial charge on any atom is -0.337 e. The van der Waals surface area contributed by atoms with Crippen LogP contribution in [0.4, 0.5) is 10.1 Å². The van der Waals surface area contributed by atoms with Gasteiger partial charge in [-0.25, -0.2) is 9.37 Å². The largest absolute Gasteiger partial charge is 0.337 e. The van der Waals surface area contributed by atoms with E-state index in [-0.39, 0.29) is 17.3 Å². The molecule has 1 fully saturated rings. The highest BCUT2D eigenvalue weighted by Crippen LogP contribution is 2.35. The molecule has 0 atom stereocenters. The number of pyridine rings is 2. The van der Waals surface area contributed by atoms with Gasteiger partial charge in [-0.1, -0.05) is 6.07 Å². The van der Waals surface area contributed by atoms with E-state index < -0.39 is 5.82 Å². The second-order valence-corrected chi connectivity index (χ2v) is 9.74. The first-order valence-corrected chi connectivity index (χ1v) is 12.3. The summed E-state index contributed by atoms with van der Waals surface area (Å²) in [6, 6.07) is 10.9. The maximum Gasteiger partial charge on any atom is 0.227 e. The molecule has 1 saturated carbocycles. The summed E-state index contributed by atoms with van der Waals surface area (Å²) < 4.78 is 15.1. The summed E-state index contributed by atoms with van der Waals surface area (Å²) in [5, 5.41) is 12.6. The lowest BCUT2D eigenvalue weighted by atomic mass is 10.0. The summed E-state index contributed by atoms with van der Waals surface area (Å²) in [5.41, 5.74) is 5.03. The number of rotatable bonds is 5. The number of H-pyrrole nitrogens is 2. The smallest absolute Gasteiger partial charge is 0.227 e. The molecule has 36 heavy (non-hydrogen) atoms. The van der Waals surface area contributed by atoms with Crippen molar-refractivity contribution in [1.29, 1.82) is 0 Å². The fraction of sp³-hybridized carbons (Fsp3) is 0.115. The molecule has 5 heterocycles. The molecule has 7 rings (SSSR count). The Hall–Kier alpha value is -4.44. The zero-order valence-electron chi connectivity index (χ0n) is 18.7. The monoisotopic (exact) mass is 495 g/mol. The average Bonchev–Trinajstić information content (AvgIpc) is 3.26. The Morgan fingerprint density at radius 3 is 2.86 bits per heavy atom. The van der Waals surface area contributed by atoms with Gasteiger partial charge >= 0.3 is 0 Å². The first kappa shape index (κ1) is 20.9. The molecule has 176 valence electrons. The number of hydrogen-bond acceptors (Lipinski definition) is 6. The molecule has 6 aromatic rings. The number of fused-ring (bicyclic) bond motifs is 2. The van der Waals surface area contributed by atoms with Gasteiger partial charge < -0.3 is 10.3 Å². The second-order valence-electron chi connectivity index (χ2n) is 8.80. The quantitative estimate of drug-likeness (QED) is 0.281. The van der Waals surface area contributed by atoms with Crippen LogP contribution in [0.1, 0.15) is 12.8 Å². The van der Waals surface area contributed by atoms with Crippen LogP contribution in [0, 0.1) is 11.7 Å². The van der Waals surface area contributed by atoms with Crippen LogP contribution in [0.3, 0.4) is 0 Å². The number of benzene rings is 1. The van der Waals surface area contributed by atoms with Gasteiger partial charge in [0, 0.05) is 29.3 Å². The van der Waals surface area contributed by atoms with Crippen molar-refractivity contribution in [3.05, 3.63) is 66.2 Å². The normalized spacial score (nSPS) is 13.5. The Labute approximate surface area is 207 Å². The lowest BCUT2D eigenvalue weighted by Gasteiger charge is -2.07. The maximum atomic E-state index is 15.1. The molecular formula is C26H18FN7OS. The molecule has 0 bridgehead atoms. The highest BCUT2D eigenvalue weighted by Gasteiger charge is 2.29. The molecule has 0 saturated heterocycles. The third-order valence-corrected chi connectivity index (χ3v) is 7.17. The Kier molecular flexibility index (Phi) is 4.68. The van der Waals surface area contributed by atoms with Crippen LogP contribution in [0.5, 0.6) is 0 Å². The topological polar surface area (TPSA) is 112 Å². The van der Waals surface area contributed by atoms with Crippen LogP contribution in [0.15, 0.2) is 60.4 Å². The van der Waals surface area contributed by atoms with Crippen LogP contribution < -0.4 is 5.32 Å². The van der Waals surface area contributed by atoms with Crippen LogP contribution in [0.2, 0.25) is 0 Å². The van der Waals surface area contributed by atoms with Crippen LogP contribution in [0.25, 0.3) is 55.2 Å². The van der Waals surface area contributed by atoms with Gasteiger partial charge in [0.1, 0.15) is 22.4 Å². The minimum absolute atomic E-state index is 0.00556. The van der Waals surface area contributed by atoms with Gasteiger partial charge in [0.15, 0.2) is 11.6 Å². The lowest BCUT2D eigenvalue weighted by molar-refractivity contribution is -0.117. The molecule has 10 heteroatoms. The summed E-state index contributed by atoms with van der Waals surface area (Å²) in [4.78, 5) is 30.1. The number of aromatic nitrogens is 6. The summed E-state index contributed by atoms with van der Waals surface area (Å²) in [6.45, 7) is 0. The highest BCUT2D eigenvalue weighted by molar-refractivity contribution is 7.13. The third-order valence-electron chi connectivity index (χ3n) is 6.29. The first-order valence-electron chi connectivity index (χ1n) is 11.5. The maximum absolute atomic E-state index is 15.1. The van der Waals surface area contributed by atoms with E-state index in [0.29, 0.717) is 33.7 Å². The Bertz CT molecular complexity index is 1770. The molecule has 1 aliphatic rings. The number of thiophene rings is 1. The molecule has 1 aromatic carbocycles. The van der Waals surface area contributed by atoms with Crippen molar-refractivity contribution in [3.63, 3.8) is 0 Å². The van der Waals surface area contributed by atoms with E-state index in [9.17, 15) is 4.79 Å². The minimum atomic E-state index is -0.463. The van der Waals surface area contributed by atoms with Crippen molar-refractivity contribution < 1.29 is 9.18 Å². The number of amides is 1. The zero-order valence-corrected chi connectivity index (χ0v) is 19.6. The molecular weight excluding hydrogens is 477 g/mol. The van der Waals surface area contributed by atoms with Gasteiger partial charge in [0.05, 0.1) is 22.3 Å². The fourth-order valence-corrected chi connectivity index (χ4v) is 5.05. The van der Waals surface area contributed by atoms with Crippen LogP contribution >= 0.6 is 11.3 Å². The number of hydrogen-bond donors (Lipinski definition) is 3. The van der Waals surface area contributed by atoms with Gasteiger partial charge in [-0.05, 0) is 54.1 Å². The molecule has 0 radical (unpaired) electrons.